The van der Waals surface area contributed by atoms with E-state index in [0.717, 1.165) is 35.1 Å². The van der Waals surface area contributed by atoms with E-state index in [1.165, 1.54) is 0 Å². The number of carbonyl (C=O) groups excluding carboxylic acids is 1. The van der Waals surface area contributed by atoms with Gasteiger partial charge in [0, 0.05) is 49.4 Å². The third-order valence-electron chi connectivity index (χ3n) is 4.12. The van der Waals surface area contributed by atoms with Crippen LogP contribution < -0.4 is 4.74 Å². The highest BCUT2D eigenvalue weighted by Gasteiger charge is 2.15. The van der Waals surface area contributed by atoms with E-state index in [0.29, 0.717) is 18.8 Å². The summed E-state index contributed by atoms with van der Waals surface area (Å²) in [7, 11) is 3.66. The van der Waals surface area contributed by atoms with Crippen molar-refractivity contribution in [3.8, 4) is 5.75 Å². The van der Waals surface area contributed by atoms with Crippen LogP contribution in [0.2, 0.25) is 0 Å². The summed E-state index contributed by atoms with van der Waals surface area (Å²) in [6.07, 6.45) is 5.82. The molecule has 1 aromatic carbocycles. The average Bonchev–Trinajstić information content (AvgIpc) is 3.20. The molecule has 3 rings (SSSR count). The highest BCUT2D eigenvalue weighted by Crippen LogP contribution is 2.22. The Balaban J connectivity index is 1.72. The van der Waals surface area contributed by atoms with Gasteiger partial charge in [-0.25, -0.2) is 0 Å². The third kappa shape index (κ3) is 4.02. The van der Waals surface area contributed by atoms with Crippen LogP contribution in [0.3, 0.4) is 0 Å². The van der Waals surface area contributed by atoms with Crippen LogP contribution in [0.5, 0.6) is 5.75 Å². The normalized spacial score (nSPS) is 11.0. The number of fused-ring (bicyclic) bond motifs is 1. The number of carbonyl (C=O) groups is 1. The standard InChI is InChI=1S/C19H24N4O2/c1-4-5-8-25-16-7-6-15-9-18(21-17(15)10-16)19(24)22(2)12-14-11-20-23(3)13-14/h6-7,9-11,13,21H,4-5,8,12H2,1-3H3. The molecule has 0 bridgehead atoms. The lowest BCUT2D eigenvalue weighted by molar-refractivity contribution is 0.0780. The largest absolute Gasteiger partial charge is 0.494 e. The minimum atomic E-state index is -0.0477. The van der Waals surface area contributed by atoms with Crippen LogP contribution in [0.15, 0.2) is 36.7 Å². The predicted molar refractivity (Wildman–Crippen MR) is 97.7 cm³/mol. The number of H-pyrrole nitrogens is 1. The molecule has 0 aliphatic heterocycles. The van der Waals surface area contributed by atoms with Gasteiger partial charge in [-0.1, -0.05) is 13.3 Å². The second-order valence-corrected chi connectivity index (χ2v) is 6.32. The number of amides is 1. The van der Waals surface area contributed by atoms with Crippen LogP contribution in [-0.4, -0.2) is 39.2 Å². The number of unbranched alkanes of at least 4 members (excludes halogenated alkanes) is 1. The molecule has 0 atom stereocenters. The number of hydrogen-bond donors (Lipinski definition) is 1. The van der Waals surface area contributed by atoms with Gasteiger partial charge in [0.15, 0.2) is 0 Å². The highest BCUT2D eigenvalue weighted by molar-refractivity contribution is 5.98. The minimum absolute atomic E-state index is 0.0477. The molecule has 2 heterocycles. The van der Waals surface area contributed by atoms with Crippen molar-refractivity contribution in [2.24, 2.45) is 7.05 Å². The zero-order chi connectivity index (χ0) is 17.8. The molecule has 132 valence electrons. The Morgan fingerprint density at radius 2 is 2.20 bits per heavy atom. The van der Waals surface area contributed by atoms with Crippen LogP contribution in [0.25, 0.3) is 10.9 Å². The Kier molecular flexibility index (Phi) is 5.07. The van der Waals surface area contributed by atoms with Gasteiger partial charge in [-0.05, 0) is 24.6 Å². The van der Waals surface area contributed by atoms with Crippen molar-refractivity contribution < 1.29 is 9.53 Å². The first kappa shape index (κ1) is 17.1. The molecule has 0 aliphatic rings. The van der Waals surface area contributed by atoms with Crippen molar-refractivity contribution in [2.75, 3.05) is 13.7 Å². The monoisotopic (exact) mass is 340 g/mol. The SMILES string of the molecule is CCCCOc1ccc2cc(C(=O)N(C)Cc3cnn(C)c3)[nH]c2c1. The van der Waals surface area contributed by atoms with E-state index in [4.69, 9.17) is 4.74 Å². The lowest BCUT2D eigenvalue weighted by Crippen LogP contribution is -2.26. The molecule has 6 nitrogen and oxygen atoms in total. The second kappa shape index (κ2) is 7.42. The van der Waals surface area contributed by atoms with Gasteiger partial charge in [-0.3, -0.25) is 9.48 Å². The average molecular weight is 340 g/mol. The molecule has 25 heavy (non-hydrogen) atoms. The van der Waals surface area contributed by atoms with Gasteiger partial charge in [-0.2, -0.15) is 5.10 Å². The maximum atomic E-state index is 12.7. The van der Waals surface area contributed by atoms with E-state index < -0.39 is 0 Å². The number of aromatic amines is 1. The first-order chi connectivity index (χ1) is 12.1. The zero-order valence-corrected chi connectivity index (χ0v) is 15.0. The zero-order valence-electron chi connectivity index (χ0n) is 15.0. The number of rotatable bonds is 7. The van der Waals surface area contributed by atoms with Gasteiger partial charge < -0.3 is 14.6 Å². The summed E-state index contributed by atoms with van der Waals surface area (Å²) in [5.41, 5.74) is 2.49. The van der Waals surface area contributed by atoms with Gasteiger partial charge in [0.1, 0.15) is 11.4 Å². The van der Waals surface area contributed by atoms with Gasteiger partial charge in [0.2, 0.25) is 0 Å². The van der Waals surface area contributed by atoms with Crippen LogP contribution in [0.4, 0.5) is 0 Å². The summed E-state index contributed by atoms with van der Waals surface area (Å²) in [5, 5.41) is 5.13. The van der Waals surface area contributed by atoms with Crippen molar-refractivity contribution in [2.45, 2.75) is 26.3 Å². The Morgan fingerprint density at radius 1 is 1.36 bits per heavy atom. The van der Waals surface area contributed by atoms with Gasteiger partial charge >= 0.3 is 0 Å². The molecule has 1 amide bonds. The summed E-state index contributed by atoms with van der Waals surface area (Å²) in [6.45, 7) is 3.37. The van der Waals surface area contributed by atoms with Crippen molar-refractivity contribution in [1.29, 1.82) is 0 Å². The third-order valence-corrected chi connectivity index (χ3v) is 4.12. The van der Waals surface area contributed by atoms with Crippen LogP contribution in [0.1, 0.15) is 35.8 Å². The number of ether oxygens (including phenoxy) is 1. The Bertz CT molecular complexity index is 865. The maximum absolute atomic E-state index is 12.7. The fourth-order valence-electron chi connectivity index (χ4n) is 2.75. The molecule has 0 saturated carbocycles. The van der Waals surface area contributed by atoms with Crippen molar-refractivity contribution in [3.63, 3.8) is 0 Å². The van der Waals surface area contributed by atoms with Gasteiger partial charge in [0.05, 0.1) is 12.8 Å². The molecule has 6 heteroatoms. The Hall–Kier alpha value is -2.76. The smallest absolute Gasteiger partial charge is 0.270 e. The summed E-state index contributed by atoms with van der Waals surface area (Å²) >= 11 is 0. The van der Waals surface area contributed by atoms with Crippen LogP contribution in [0, 0.1) is 0 Å². The minimum Gasteiger partial charge on any atom is -0.494 e. The number of benzene rings is 1. The van der Waals surface area contributed by atoms with Crippen molar-refractivity contribution in [3.05, 3.63) is 47.9 Å². The number of nitrogens with one attached hydrogen (secondary N) is 1. The molecular weight excluding hydrogens is 316 g/mol. The van der Waals surface area contributed by atoms with Crippen LogP contribution >= 0.6 is 0 Å². The van der Waals surface area contributed by atoms with Crippen molar-refractivity contribution in [1.82, 2.24) is 19.7 Å². The highest BCUT2D eigenvalue weighted by atomic mass is 16.5. The van der Waals surface area contributed by atoms with Crippen LogP contribution in [-0.2, 0) is 13.6 Å². The summed E-state index contributed by atoms with van der Waals surface area (Å²) in [6, 6.07) is 7.75. The van der Waals surface area contributed by atoms with E-state index in [1.807, 2.05) is 37.5 Å². The van der Waals surface area contributed by atoms with E-state index in [1.54, 1.807) is 22.8 Å². The summed E-state index contributed by atoms with van der Waals surface area (Å²) < 4.78 is 7.46. The fourth-order valence-corrected chi connectivity index (χ4v) is 2.75. The molecule has 0 saturated heterocycles. The lowest BCUT2D eigenvalue weighted by Gasteiger charge is -2.14. The summed E-state index contributed by atoms with van der Waals surface area (Å²) in [5.74, 6) is 0.777. The summed E-state index contributed by atoms with van der Waals surface area (Å²) in [4.78, 5) is 17.5. The fraction of sp³-hybridized carbons (Fsp3) is 0.368. The lowest BCUT2D eigenvalue weighted by atomic mass is 10.2. The molecule has 0 aliphatic carbocycles. The van der Waals surface area contributed by atoms with E-state index in [9.17, 15) is 4.79 Å². The van der Waals surface area contributed by atoms with E-state index >= 15 is 0 Å². The second-order valence-electron chi connectivity index (χ2n) is 6.32. The van der Waals surface area contributed by atoms with Gasteiger partial charge in [-0.15, -0.1) is 0 Å². The molecule has 3 aromatic rings. The van der Waals surface area contributed by atoms with E-state index in [2.05, 4.69) is 17.0 Å². The Labute approximate surface area is 147 Å². The molecule has 0 spiro atoms. The quantitative estimate of drug-likeness (QED) is 0.671. The molecule has 0 unspecified atom stereocenters. The van der Waals surface area contributed by atoms with E-state index in [-0.39, 0.29) is 5.91 Å². The Morgan fingerprint density at radius 3 is 2.92 bits per heavy atom. The van der Waals surface area contributed by atoms with Gasteiger partial charge in [0.25, 0.3) is 5.91 Å². The molecule has 2 aromatic heterocycles. The maximum Gasteiger partial charge on any atom is 0.270 e. The number of hydrogen-bond acceptors (Lipinski definition) is 3. The number of nitrogens with zero attached hydrogens (tertiary/aromatic N) is 3. The topological polar surface area (TPSA) is 63.1 Å². The predicted octanol–water partition coefficient (Wildman–Crippen LogP) is 3.35. The number of aromatic nitrogens is 3. The molecule has 0 fully saturated rings. The number of aryl methyl sites for hydroxylation is 1. The van der Waals surface area contributed by atoms with Crippen molar-refractivity contribution >= 4 is 16.8 Å². The molecular formula is C19H24N4O2. The molecule has 0 radical (unpaired) electrons. The first-order valence-corrected chi connectivity index (χ1v) is 8.55. The first-order valence-electron chi connectivity index (χ1n) is 8.55. The molecule has 1 N–H and O–H groups in total.